The molecule has 1 heterocycles. The van der Waals surface area contributed by atoms with Gasteiger partial charge in [-0.15, -0.1) is 0 Å². The molecule has 1 fully saturated rings. The minimum atomic E-state index is 0.391. The van der Waals surface area contributed by atoms with Crippen molar-refractivity contribution in [1.82, 2.24) is 10.2 Å². The molecule has 0 radical (unpaired) electrons. The van der Waals surface area contributed by atoms with Crippen LogP contribution in [0.5, 0.6) is 0 Å². The van der Waals surface area contributed by atoms with Crippen LogP contribution in [-0.4, -0.2) is 44.8 Å². The highest BCUT2D eigenvalue weighted by Gasteiger charge is 2.21. The van der Waals surface area contributed by atoms with Gasteiger partial charge >= 0.3 is 0 Å². The molecule has 1 aliphatic rings. The maximum atomic E-state index is 5.45. The average molecular weight is 276 g/mol. The zero-order valence-corrected chi connectivity index (χ0v) is 13.3. The Balaban J connectivity index is 2.02. The molecule has 1 unspecified atom stereocenters. The first-order chi connectivity index (χ1) is 9.61. The molecule has 0 bridgehead atoms. The van der Waals surface area contributed by atoms with E-state index in [0.29, 0.717) is 12.1 Å². The first-order valence-corrected chi connectivity index (χ1v) is 7.64. The molecule has 2 rings (SSSR count). The summed E-state index contributed by atoms with van der Waals surface area (Å²) in [7, 11) is 4.29. The van der Waals surface area contributed by atoms with Crippen molar-refractivity contribution in [1.29, 1.82) is 0 Å². The lowest BCUT2D eigenvalue weighted by Gasteiger charge is -2.34. The van der Waals surface area contributed by atoms with Gasteiger partial charge in [0.2, 0.25) is 0 Å². The highest BCUT2D eigenvalue weighted by molar-refractivity contribution is 5.31. The Bertz CT molecular complexity index is 427. The van der Waals surface area contributed by atoms with E-state index in [2.05, 4.69) is 56.4 Å². The predicted molar refractivity (Wildman–Crippen MR) is 84.2 cm³/mol. The van der Waals surface area contributed by atoms with Crippen LogP contribution in [0, 0.1) is 13.8 Å². The summed E-state index contributed by atoms with van der Waals surface area (Å²) in [5.74, 6) is 0. The number of rotatable bonds is 5. The van der Waals surface area contributed by atoms with Crippen molar-refractivity contribution >= 4 is 0 Å². The molecule has 0 spiro atoms. The highest BCUT2D eigenvalue weighted by Crippen LogP contribution is 2.20. The van der Waals surface area contributed by atoms with Crippen LogP contribution in [0.4, 0.5) is 0 Å². The van der Waals surface area contributed by atoms with Gasteiger partial charge in [-0.2, -0.15) is 0 Å². The van der Waals surface area contributed by atoms with Crippen LogP contribution in [0.25, 0.3) is 0 Å². The Morgan fingerprint density at radius 2 is 1.95 bits per heavy atom. The van der Waals surface area contributed by atoms with Gasteiger partial charge in [-0.3, -0.25) is 0 Å². The lowest BCUT2D eigenvalue weighted by atomic mass is 9.99. The monoisotopic (exact) mass is 276 g/mol. The van der Waals surface area contributed by atoms with E-state index in [9.17, 15) is 0 Å². The van der Waals surface area contributed by atoms with Gasteiger partial charge in [0.15, 0.2) is 0 Å². The molecule has 20 heavy (non-hydrogen) atoms. The average Bonchev–Trinajstić information content (AvgIpc) is 2.48. The Hall–Kier alpha value is -0.900. The molecule has 0 amide bonds. The number of aryl methyl sites for hydroxylation is 2. The van der Waals surface area contributed by atoms with Crippen LogP contribution in [0.2, 0.25) is 0 Å². The number of ether oxygens (including phenoxy) is 1. The molecule has 0 aromatic heterocycles. The topological polar surface area (TPSA) is 24.5 Å². The lowest BCUT2D eigenvalue weighted by molar-refractivity contribution is 0.0404. The second kappa shape index (κ2) is 7.21. The van der Waals surface area contributed by atoms with Gasteiger partial charge in [0.1, 0.15) is 0 Å². The molecule has 3 heteroatoms. The van der Waals surface area contributed by atoms with Crippen LogP contribution in [0.15, 0.2) is 18.2 Å². The Kier molecular flexibility index (Phi) is 5.58. The predicted octanol–water partition coefficient (Wildman–Crippen LogP) is 2.67. The molecule has 0 saturated carbocycles. The highest BCUT2D eigenvalue weighted by atomic mass is 16.5. The van der Waals surface area contributed by atoms with Gasteiger partial charge in [0, 0.05) is 31.8 Å². The van der Waals surface area contributed by atoms with E-state index in [1.54, 1.807) is 0 Å². The molecule has 0 aliphatic carbocycles. The van der Waals surface area contributed by atoms with Crippen LogP contribution in [0.1, 0.15) is 35.6 Å². The molecule has 3 nitrogen and oxygen atoms in total. The Morgan fingerprint density at radius 1 is 1.25 bits per heavy atom. The van der Waals surface area contributed by atoms with E-state index in [1.165, 1.54) is 16.7 Å². The summed E-state index contributed by atoms with van der Waals surface area (Å²) in [6.45, 7) is 7.21. The number of hydrogen-bond donors (Lipinski definition) is 1. The van der Waals surface area contributed by atoms with Gasteiger partial charge in [0.05, 0.1) is 0 Å². The third kappa shape index (κ3) is 3.81. The number of nitrogens with one attached hydrogen (secondary N) is 1. The van der Waals surface area contributed by atoms with Crippen LogP contribution < -0.4 is 5.32 Å². The number of nitrogens with zero attached hydrogens (tertiary/aromatic N) is 1. The second-order valence-electron chi connectivity index (χ2n) is 5.97. The molecule has 1 aliphatic heterocycles. The van der Waals surface area contributed by atoms with Crippen molar-refractivity contribution < 1.29 is 4.74 Å². The first kappa shape index (κ1) is 15.5. The summed E-state index contributed by atoms with van der Waals surface area (Å²) in [6, 6.07) is 7.84. The van der Waals surface area contributed by atoms with Crippen molar-refractivity contribution in [3.05, 3.63) is 34.9 Å². The maximum absolute atomic E-state index is 5.45. The van der Waals surface area contributed by atoms with Crippen molar-refractivity contribution in [2.45, 2.75) is 38.8 Å². The minimum absolute atomic E-state index is 0.391. The van der Waals surface area contributed by atoms with Crippen LogP contribution in [-0.2, 0) is 4.74 Å². The molecule has 1 saturated heterocycles. The number of hydrogen-bond acceptors (Lipinski definition) is 3. The molecular weight excluding hydrogens is 248 g/mol. The fourth-order valence-electron chi connectivity index (χ4n) is 2.91. The van der Waals surface area contributed by atoms with Gasteiger partial charge in [-0.1, -0.05) is 18.2 Å². The number of likely N-dealkylation sites (N-methyl/N-ethyl adjacent to an activating group) is 2. The molecule has 1 N–H and O–H groups in total. The summed E-state index contributed by atoms with van der Waals surface area (Å²) < 4.78 is 5.45. The van der Waals surface area contributed by atoms with Crippen molar-refractivity contribution in [2.75, 3.05) is 33.9 Å². The minimum Gasteiger partial charge on any atom is -0.381 e. The quantitative estimate of drug-likeness (QED) is 0.895. The lowest BCUT2D eigenvalue weighted by Crippen LogP contribution is -2.41. The van der Waals surface area contributed by atoms with E-state index in [4.69, 9.17) is 4.74 Å². The van der Waals surface area contributed by atoms with Crippen molar-refractivity contribution in [3.63, 3.8) is 0 Å². The van der Waals surface area contributed by atoms with Gasteiger partial charge < -0.3 is 15.0 Å². The summed E-state index contributed by atoms with van der Waals surface area (Å²) in [6.07, 6.45) is 2.31. The molecule has 1 aromatic rings. The summed E-state index contributed by atoms with van der Waals surface area (Å²) in [5, 5.41) is 3.46. The molecule has 1 atom stereocenters. The molecular formula is C17H28N2O. The van der Waals surface area contributed by atoms with E-state index in [0.717, 1.165) is 32.6 Å². The van der Waals surface area contributed by atoms with E-state index in [1.807, 2.05) is 0 Å². The van der Waals surface area contributed by atoms with Crippen molar-refractivity contribution in [3.8, 4) is 0 Å². The first-order valence-electron chi connectivity index (χ1n) is 7.64. The zero-order valence-electron chi connectivity index (χ0n) is 13.3. The van der Waals surface area contributed by atoms with Crippen LogP contribution >= 0.6 is 0 Å². The van der Waals surface area contributed by atoms with Crippen molar-refractivity contribution in [2.24, 2.45) is 0 Å². The van der Waals surface area contributed by atoms with Gasteiger partial charge in [-0.25, -0.2) is 0 Å². The standard InChI is InChI=1S/C17H28N2O/c1-13-5-6-15(11-14(13)2)17(18-3)12-19(4)16-7-9-20-10-8-16/h5-6,11,16-18H,7-10,12H2,1-4H3. The third-order valence-corrected chi connectivity index (χ3v) is 4.57. The van der Waals surface area contributed by atoms with Gasteiger partial charge in [0.25, 0.3) is 0 Å². The SMILES string of the molecule is CNC(CN(C)C1CCOCC1)c1ccc(C)c(C)c1. The smallest absolute Gasteiger partial charge is 0.0480 e. The zero-order chi connectivity index (χ0) is 14.5. The Labute approximate surface area is 123 Å². The number of benzene rings is 1. The van der Waals surface area contributed by atoms with Crippen LogP contribution in [0.3, 0.4) is 0 Å². The Morgan fingerprint density at radius 3 is 2.55 bits per heavy atom. The second-order valence-corrected chi connectivity index (χ2v) is 5.97. The fraction of sp³-hybridized carbons (Fsp3) is 0.647. The maximum Gasteiger partial charge on any atom is 0.0480 e. The molecule has 1 aromatic carbocycles. The van der Waals surface area contributed by atoms with Gasteiger partial charge in [-0.05, 0) is 57.5 Å². The van der Waals surface area contributed by atoms with E-state index >= 15 is 0 Å². The third-order valence-electron chi connectivity index (χ3n) is 4.57. The fourth-order valence-corrected chi connectivity index (χ4v) is 2.91. The van der Waals surface area contributed by atoms with E-state index in [-0.39, 0.29) is 0 Å². The normalized spacial score (nSPS) is 18.4. The molecule has 112 valence electrons. The largest absolute Gasteiger partial charge is 0.381 e. The summed E-state index contributed by atoms with van der Waals surface area (Å²) >= 11 is 0. The summed E-state index contributed by atoms with van der Waals surface area (Å²) in [5.41, 5.74) is 4.12. The van der Waals surface area contributed by atoms with E-state index < -0.39 is 0 Å². The summed E-state index contributed by atoms with van der Waals surface area (Å²) in [4.78, 5) is 2.48.